The van der Waals surface area contributed by atoms with E-state index in [9.17, 15) is 9.59 Å². The quantitative estimate of drug-likeness (QED) is 0.686. The fourth-order valence-corrected chi connectivity index (χ4v) is 4.16. The number of nitrogens with zero attached hydrogens (tertiary/aromatic N) is 2. The number of carbonyl (C=O) groups excluding carboxylic acids is 2. The molecule has 0 aromatic heterocycles. The summed E-state index contributed by atoms with van der Waals surface area (Å²) in [5.41, 5.74) is 1.89. The minimum Gasteiger partial charge on any atom is -0.339 e. The lowest BCUT2D eigenvalue weighted by molar-refractivity contribution is -0.138. The van der Waals surface area contributed by atoms with Crippen molar-refractivity contribution in [2.45, 2.75) is 38.3 Å². The summed E-state index contributed by atoms with van der Waals surface area (Å²) in [7, 11) is 0. The van der Waals surface area contributed by atoms with Crippen molar-refractivity contribution in [1.82, 2.24) is 9.80 Å². The summed E-state index contributed by atoms with van der Waals surface area (Å²) in [6.07, 6.45) is 3.72. The molecule has 28 heavy (non-hydrogen) atoms. The van der Waals surface area contributed by atoms with Gasteiger partial charge in [0.25, 0.3) is 5.91 Å². The molecule has 1 saturated heterocycles. The highest BCUT2D eigenvalue weighted by Gasteiger charge is 2.37. The predicted molar refractivity (Wildman–Crippen MR) is 113 cm³/mol. The molecular weight excluding hydrogens is 416 g/mol. The van der Waals surface area contributed by atoms with Crippen LogP contribution in [0.2, 0.25) is 0 Å². The standard InChI is InChI=1S/C23H25BrN2O2/c24-20-8-6-18(7-9-20)22(27)25-14-12-19(13-15-25)23(28)26(21-10-11-21)16-17-4-2-1-3-5-17/h1-9,19,21H,10-16H2. The molecule has 1 saturated carbocycles. The summed E-state index contributed by atoms with van der Waals surface area (Å²) in [6.45, 7) is 1.99. The molecule has 2 aliphatic rings. The zero-order valence-corrected chi connectivity index (χ0v) is 17.5. The van der Waals surface area contributed by atoms with Crippen molar-refractivity contribution in [3.8, 4) is 0 Å². The molecule has 0 atom stereocenters. The molecule has 0 spiro atoms. The molecule has 1 aliphatic heterocycles. The Labute approximate surface area is 174 Å². The van der Waals surface area contributed by atoms with Crippen molar-refractivity contribution in [2.24, 2.45) is 5.92 Å². The fourth-order valence-electron chi connectivity index (χ4n) is 3.89. The molecule has 0 N–H and O–H groups in total. The van der Waals surface area contributed by atoms with Crippen LogP contribution in [-0.4, -0.2) is 40.7 Å². The lowest BCUT2D eigenvalue weighted by atomic mass is 9.94. The molecular formula is C23H25BrN2O2. The number of piperidine rings is 1. The van der Waals surface area contributed by atoms with Gasteiger partial charge in [-0.3, -0.25) is 9.59 Å². The second-order valence-electron chi connectivity index (χ2n) is 7.76. The Bertz CT molecular complexity index is 825. The molecule has 2 amide bonds. The number of rotatable bonds is 5. The van der Waals surface area contributed by atoms with Crippen molar-refractivity contribution in [3.63, 3.8) is 0 Å². The van der Waals surface area contributed by atoms with Gasteiger partial charge in [-0.25, -0.2) is 0 Å². The maximum absolute atomic E-state index is 13.2. The van der Waals surface area contributed by atoms with E-state index >= 15 is 0 Å². The molecule has 1 aliphatic carbocycles. The highest BCUT2D eigenvalue weighted by Crippen LogP contribution is 2.32. The van der Waals surface area contributed by atoms with Gasteiger partial charge in [-0.15, -0.1) is 0 Å². The fraction of sp³-hybridized carbons (Fsp3) is 0.391. The van der Waals surface area contributed by atoms with E-state index in [4.69, 9.17) is 0 Å². The topological polar surface area (TPSA) is 40.6 Å². The highest BCUT2D eigenvalue weighted by molar-refractivity contribution is 9.10. The van der Waals surface area contributed by atoms with E-state index in [0.717, 1.165) is 30.2 Å². The third kappa shape index (κ3) is 4.46. The Morgan fingerprint density at radius 1 is 0.929 bits per heavy atom. The molecule has 2 aromatic rings. The molecule has 0 bridgehead atoms. The van der Waals surface area contributed by atoms with Crippen LogP contribution >= 0.6 is 15.9 Å². The second kappa shape index (κ2) is 8.48. The maximum Gasteiger partial charge on any atom is 0.253 e. The van der Waals surface area contributed by atoms with Gasteiger partial charge in [-0.1, -0.05) is 46.3 Å². The van der Waals surface area contributed by atoms with Crippen LogP contribution < -0.4 is 0 Å². The molecule has 146 valence electrons. The van der Waals surface area contributed by atoms with Crippen LogP contribution in [0.25, 0.3) is 0 Å². The molecule has 5 heteroatoms. The monoisotopic (exact) mass is 440 g/mol. The molecule has 2 aromatic carbocycles. The van der Waals surface area contributed by atoms with Crippen LogP contribution in [-0.2, 0) is 11.3 Å². The Kier molecular flexibility index (Phi) is 5.81. The summed E-state index contributed by atoms with van der Waals surface area (Å²) in [6, 6.07) is 18.1. The molecule has 4 nitrogen and oxygen atoms in total. The number of carbonyl (C=O) groups is 2. The number of hydrogen-bond donors (Lipinski definition) is 0. The van der Waals surface area contributed by atoms with Crippen LogP contribution in [0, 0.1) is 5.92 Å². The van der Waals surface area contributed by atoms with Gasteiger partial charge < -0.3 is 9.80 Å². The van der Waals surface area contributed by atoms with Crippen LogP contribution in [0.1, 0.15) is 41.6 Å². The van der Waals surface area contributed by atoms with Crippen molar-refractivity contribution >= 4 is 27.7 Å². The zero-order chi connectivity index (χ0) is 19.5. The van der Waals surface area contributed by atoms with E-state index < -0.39 is 0 Å². The Hall–Kier alpha value is -2.14. The van der Waals surface area contributed by atoms with Gasteiger partial charge in [0.2, 0.25) is 5.91 Å². The van der Waals surface area contributed by atoms with Crippen molar-refractivity contribution in [3.05, 3.63) is 70.2 Å². The maximum atomic E-state index is 13.2. The molecule has 0 unspecified atom stereocenters. The molecule has 0 radical (unpaired) electrons. The number of amides is 2. The summed E-state index contributed by atoms with van der Waals surface area (Å²) in [4.78, 5) is 29.8. The van der Waals surface area contributed by atoms with Gasteiger partial charge in [-0.05, 0) is 55.5 Å². The van der Waals surface area contributed by atoms with Gasteiger partial charge >= 0.3 is 0 Å². The van der Waals surface area contributed by atoms with Crippen LogP contribution in [0.5, 0.6) is 0 Å². The first kappa shape index (κ1) is 19.2. The zero-order valence-electron chi connectivity index (χ0n) is 15.9. The van der Waals surface area contributed by atoms with Crippen LogP contribution in [0.4, 0.5) is 0 Å². The summed E-state index contributed by atoms with van der Waals surface area (Å²) < 4.78 is 0.965. The normalized spacial score (nSPS) is 17.4. The van der Waals surface area contributed by atoms with Gasteiger partial charge in [0.05, 0.1) is 0 Å². The number of halogens is 1. The largest absolute Gasteiger partial charge is 0.339 e. The molecule has 2 fully saturated rings. The van der Waals surface area contributed by atoms with Crippen LogP contribution in [0.15, 0.2) is 59.1 Å². The van der Waals surface area contributed by atoms with Crippen molar-refractivity contribution < 1.29 is 9.59 Å². The predicted octanol–water partition coefficient (Wildman–Crippen LogP) is 4.49. The number of benzene rings is 2. The van der Waals surface area contributed by atoms with E-state index in [0.29, 0.717) is 31.2 Å². The number of hydrogen-bond acceptors (Lipinski definition) is 2. The first-order valence-corrected chi connectivity index (χ1v) is 10.8. The lowest BCUT2D eigenvalue weighted by Crippen LogP contribution is -2.44. The molecule has 1 heterocycles. The third-order valence-corrected chi connectivity index (χ3v) is 6.22. The van der Waals surface area contributed by atoms with E-state index in [1.165, 1.54) is 5.56 Å². The van der Waals surface area contributed by atoms with E-state index in [1.54, 1.807) is 0 Å². The first-order valence-electron chi connectivity index (χ1n) is 10.0. The van der Waals surface area contributed by atoms with Crippen molar-refractivity contribution in [2.75, 3.05) is 13.1 Å². The van der Waals surface area contributed by atoms with Gasteiger partial charge in [0.15, 0.2) is 0 Å². The Morgan fingerprint density at radius 3 is 2.18 bits per heavy atom. The Morgan fingerprint density at radius 2 is 1.57 bits per heavy atom. The van der Waals surface area contributed by atoms with Gasteiger partial charge in [0.1, 0.15) is 0 Å². The smallest absolute Gasteiger partial charge is 0.253 e. The SMILES string of the molecule is O=C(c1ccc(Br)cc1)N1CCC(C(=O)N(Cc2ccccc2)C2CC2)CC1. The average molecular weight is 441 g/mol. The molecule has 4 rings (SSSR count). The second-order valence-corrected chi connectivity index (χ2v) is 8.67. The minimum absolute atomic E-state index is 0.0262. The third-order valence-electron chi connectivity index (χ3n) is 5.69. The van der Waals surface area contributed by atoms with Crippen molar-refractivity contribution in [1.29, 1.82) is 0 Å². The lowest BCUT2D eigenvalue weighted by Gasteiger charge is -2.34. The Balaban J connectivity index is 1.36. The van der Waals surface area contributed by atoms with Gasteiger partial charge in [-0.2, -0.15) is 0 Å². The summed E-state index contributed by atoms with van der Waals surface area (Å²) >= 11 is 3.40. The summed E-state index contributed by atoms with van der Waals surface area (Å²) in [5.74, 6) is 0.349. The first-order chi connectivity index (χ1) is 13.6. The van der Waals surface area contributed by atoms with Gasteiger partial charge in [0, 0.05) is 41.6 Å². The van der Waals surface area contributed by atoms with E-state index in [-0.39, 0.29) is 17.7 Å². The van der Waals surface area contributed by atoms with E-state index in [1.807, 2.05) is 47.4 Å². The average Bonchev–Trinajstić information content (AvgIpc) is 3.58. The van der Waals surface area contributed by atoms with Crippen LogP contribution in [0.3, 0.4) is 0 Å². The van der Waals surface area contributed by atoms with E-state index in [2.05, 4.69) is 33.0 Å². The minimum atomic E-state index is 0.0262. The highest BCUT2D eigenvalue weighted by atomic mass is 79.9. The number of likely N-dealkylation sites (tertiary alicyclic amines) is 1. The summed E-state index contributed by atoms with van der Waals surface area (Å²) in [5, 5.41) is 0.